The molecule has 1 aliphatic carbocycles. The van der Waals surface area contributed by atoms with Gasteiger partial charge in [-0.05, 0) is 24.3 Å². The number of ketones is 2. The van der Waals surface area contributed by atoms with Crippen LogP contribution in [-0.2, 0) is 19.5 Å². The number of Topliss-reactive ketones (excluding diaryl/α,β-unsaturated/α-hetero) is 2. The van der Waals surface area contributed by atoms with Crippen molar-refractivity contribution in [3.05, 3.63) is 83.4 Å². The highest BCUT2D eigenvalue weighted by Gasteiger charge is 2.57. The van der Waals surface area contributed by atoms with Gasteiger partial charge in [0.15, 0.2) is 17.0 Å². The van der Waals surface area contributed by atoms with Crippen LogP contribution < -0.4 is 0 Å². The fourth-order valence-corrected chi connectivity index (χ4v) is 3.68. The third-order valence-electron chi connectivity index (χ3n) is 4.75. The van der Waals surface area contributed by atoms with E-state index in [2.05, 4.69) is 0 Å². The van der Waals surface area contributed by atoms with Crippen LogP contribution in [0, 0.1) is 0 Å². The van der Waals surface area contributed by atoms with Crippen LogP contribution >= 0.6 is 0 Å². The largest absolute Gasteiger partial charge is 0.353 e. The van der Waals surface area contributed by atoms with E-state index in [1.807, 2.05) is 59.9 Å². The quantitative estimate of drug-likeness (QED) is 0.683. The van der Waals surface area contributed by atoms with Gasteiger partial charge in [0, 0.05) is 49.0 Å². The number of carbonyl (C=O) groups is 2. The summed E-state index contributed by atoms with van der Waals surface area (Å²) in [5.74, 6) is -0.302. The number of aromatic nitrogens is 2. The average Bonchev–Trinajstić information content (AvgIpc) is 3.22. The first-order chi connectivity index (χ1) is 11.1. The first-order valence-corrected chi connectivity index (χ1v) is 7.50. The zero-order valence-electron chi connectivity index (χ0n) is 13.0. The summed E-state index contributed by atoms with van der Waals surface area (Å²) in [6, 6.07) is 14.5. The standard InChI is InChI=1S/C19H16N2O2/c1-20-11-5-9-15(20)19(16-10-6-12-21(16)2)17(22)13-7-3-4-8-14(13)18(19)23/h3-12H,1-2H3. The van der Waals surface area contributed by atoms with Gasteiger partial charge in [-0.25, -0.2) is 0 Å². The van der Waals surface area contributed by atoms with Gasteiger partial charge in [0.1, 0.15) is 0 Å². The van der Waals surface area contributed by atoms with Gasteiger partial charge < -0.3 is 9.13 Å². The minimum atomic E-state index is -1.31. The molecule has 0 amide bonds. The first-order valence-electron chi connectivity index (χ1n) is 7.50. The molecule has 4 heteroatoms. The first kappa shape index (κ1) is 13.8. The summed E-state index contributed by atoms with van der Waals surface area (Å²) >= 11 is 0. The van der Waals surface area contributed by atoms with Crippen molar-refractivity contribution in [1.82, 2.24) is 9.13 Å². The minimum Gasteiger partial charge on any atom is -0.353 e. The van der Waals surface area contributed by atoms with Crippen LogP contribution in [0.4, 0.5) is 0 Å². The second-order valence-corrected chi connectivity index (χ2v) is 5.96. The Balaban J connectivity index is 2.12. The molecule has 0 unspecified atom stereocenters. The Bertz CT molecular complexity index is 868. The van der Waals surface area contributed by atoms with Crippen LogP contribution in [0.2, 0.25) is 0 Å². The predicted molar refractivity (Wildman–Crippen MR) is 86.7 cm³/mol. The van der Waals surface area contributed by atoms with Crippen molar-refractivity contribution in [3.63, 3.8) is 0 Å². The van der Waals surface area contributed by atoms with E-state index in [0.717, 1.165) is 0 Å². The Labute approximate surface area is 134 Å². The Morgan fingerprint density at radius 2 is 1.13 bits per heavy atom. The second-order valence-electron chi connectivity index (χ2n) is 5.96. The lowest BCUT2D eigenvalue weighted by molar-refractivity contribution is 0.0817. The van der Waals surface area contributed by atoms with Gasteiger partial charge >= 0.3 is 0 Å². The molecule has 0 bridgehead atoms. The minimum absolute atomic E-state index is 0.151. The number of fused-ring (bicyclic) bond motifs is 1. The summed E-state index contributed by atoms with van der Waals surface area (Å²) in [4.78, 5) is 26.8. The Kier molecular flexibility index (Phi) is 2.73. The van der Waals surface area contributed by atoms with E-state index in [1.165, 1.54) is 0 Å². The molecular weight excluding hydrogens is 288 g/mol. The van der Waals surface area contributed by atoms with Crippen LogP contribution in [0.15, 0.2) is 60.9 Å². The molecule has 0 saturated heterocycles. The van der Waals surface area contributed by atoms with Gasteiger partial charge in [-0.15, -0.1) is 0 Å². The zero-order valence-corrected chi connectivity index (χ0v) is 13.0. The van der Waals surface area contributed by atoms with E-state index in [9.17, 15) is 9.59 Å². The molecule has 0 aliphatic heterocycles. The van der Waals surface area contributed by atoms with Gasteiger partial charge in [0.2, 0.25) is 0 Å². The van der Waals surface area contributed by atoms with Crippen molar-refractivity contribution >= 4 is 11.6 Å². The van der Waals surface area contributed by atoms with Gasteiger partial charge in [0.25, 0.3) is 0 Å². The normalized spacial score (nSPS) is 15.9. The van der Waals surface area contributed by atoms with Crippen LogP contribution in [0.1, 0.15) is 32.1 Å². The zero-order chi connectivity index (χ0) is 16.2. The summed E-state index contributed by atoms with van der Waals surface area (Å²) in [5.41, 5.74) is 1.09. The van der Waals surface area contributed by atoms with E-state index >= 15 is 0 Å². The molecule has 2 heterocycles. The van der Waals surface area contributed by atoms with Crippen molar-refractivity contribution in [2.24, 2.45) is 14.1 Å². The molecular formula is C19H16N2O2. The fourth-order valence-electron chi connectivity index (χ4n) is 3.68. The molecule has 114 valence electrons. The maximum atomic E-state index is 13.4. The predicted octanol–water partition coefficient (Wildman–Crippen LogP) is 2.73. The molecule has 2 aromatic heterocycles. The summed E-state index contributed by atoms with van der Waals surface area (Å²) in [5, 5.41) is 0. The van der Waals surface area contributed by atoms with Crippen LogP contribution in [-0.4, -0.2) is 20.7 Å². The van der Waals surface area contributed by atoms with Gasteiger partial charge in [0.05, 0.1) is 0 Å². The topological polar surface area (TPSA) is 44.0 Å². The highest BCUT2D eigenvalue weighted by molar-refractivity contribution is 6.34. The Hall–Kier alpha value is -2.88. The van der Waals surface area contributed by atoms with E-state index < -0.39 is 5.41 Å². The Morgan fingerprint density at radius 3 is 1.48 bits per heavy atom. The lowest BCUT2D eigenvalue weighted by Crippen LogP contribution is -2.42. The SMILES string of the molecule is Cn1cccc1C1(c2cccn2C)C(=O)c2ccccc2C1=O. The molecule has 3 aromatic rings. The lowest BCUT2D eigenvalue weighted by Gasteiger charge is -2.27. The summed E-state index contributed by atoms with van der Waals surface area (Å²) in [6.07, 6.45) is 3.73. The number of nitrogens with zero attached hydrogens (tertiary/aromatic N) is 2. The molecule has 0 N–H and O–H groups in total. The van der Waals surface area contributed by atoms with Gasteiger partial charge in [-0.3, -0.25) is 9.59 Å². The highest BCUT2D eigenvalue weighted by atomic mass is 16.2. The van der Waals surface area contributed by atoms with Gasteiger partial charge in [-0.1, -0.05) is 24.3 Å². The molecule has 1 aliphatic rings. The number of aryl methyl sites for hydroxylation is 2. The van der Waals surface area contributed by atoms with Crippen LogP contribution in [0.25, 0.3) is 0 Å². The van der Waals surface area contributed by atoms with Gasteiger partial charge in [-0.2, -0.15) is 0 Å². The van der Waals surface area contributed by atoms with Crippen molar-refractivity contribution in [2.45, 2.75) is 5.41 Å². The number of rotatable bonds is 2. The van der Waals surface area contributed by atoms with E-state index in [1.54, 1.807) is 24.3 Å². The smallest absolute Gasteiger partial charge is 0.189 e. The molecule has 0 spiro atoms. The van der Waals surface area contributed by atoms with Crippen LogP contribution in [0.5, 0.6) is 0 Å². The molecule has 4 rings (SSSR count). The molecule has 4 nitrogen and oxygen atoms in total. The monoisotopic (exact) mass is 304 g/mol. The number of carbonyl (C=O) groups excluding carboxylic acids is 2. The summed E-state index contributed by atoms with van der Waals surface area (Å²) in [7, 11) is 3.73. The van der Waals surface area contributed by atoms with Crippen molar-refractivity contribution in [1.29, 1.82) is 0 Å². The Morgan fingerprint density at radius 1 is 0.696 bits per heavy atom. The molecule has 0 fully saturated rings. The third-order valence-corrected chi connectivity index (χ3v) is 4.75. The van der Waals surface area contributed by atoms with E-state index in [0.29, 0.717) is 22.5 Å². The second kappa shape index (κ2) is 4.56. The fraction of sp³-hybridized carbons (Fsp3) is 0.158. The van der Waals surface area contributed by atoms with Crippen molar-refractivity contribution in [3.8, 4) is 0 Å². The average molecular weight is 304 g/mol. The molecule has 0 radical (unpaired) electrons. The van der Waals surface area contributed by atoms with E-state index in [-0.39, 0.29) is 11.6 Å². The lowest BCUT2D eigenvalue weighted by atomic mass is 9.76. The third kappa shape index (κ3) is 1.55. The maximum Gasteiger partial charge on any atom is 0.189 e. The number of hydrogen-bond donors (Lipinski definition) is 0. The molecule has 23 heavy (non-hydrogen) atoms. The molecule has 1 aromatic carbocycles. The number of hydrogen-bond acceptors (Lipinski definition) is 2. The molecule has 0 saturated carbocycles. The maximum absolute atomic E-state index is 13.4. The molecule has 0 atom stereocenters. The van der Waals surface area contributed by atoms with Crippen molar-refractivity contribution in [2.75, 3.05) is 0 Å². The number of benzene rings is 1. The summed E-state index contributed by atoms with van der Waals surface area (Å²) < 4.78 is 3.71. The highest BCUT2D eigenvalue weighted by Crippen LogP contribution is 2.44. The summed E-state index contributed by atoms with van der Waals surface area (Å²) in [6.45, 7) is 0. The van der Waals surface area contributed by atoms with Crippen molar-refractivity contribution < 1.29 is 9.59 Å². The van der Waals surface area contributed by atoms with E-state index in [4.69, 9.17) is 0 Å². The van der Waals surface area contributed by atoms with Crippen LogP contribution in [0.3, 0.4) is 0 Å².